The second kappa shape index (κ2) is 3.81. The first-order valence-electron chi connectivity index (χ1n) is 4.91. The highest BCUT2D eigenvalue weighted by Crippen LogP contribution is 2.32. The number of ether oxygens (including phenoxy) is 1. The number of benzene rings is 1. The van der Waals surface area contributed by atoms with E-state index in [4.69, 9.17) is 10.5 Å². The number of amides is 1. The van der Waals surface area contributed by atoms with Crippen LogP contribution < -0.4 is 15.8 Å². The summed E-state index contributed by atoms with van der Waals surface area (Å²) in [5, 5.41) is 2.81. The molecule has 1 amide bonds. The van der Waals surface area contributed by atoms with Gasteiger partial charge in [-0.3, -0.25) is 4.79 Å². The zero-order valence-electron chi connectivity index (χ0n) is 8.62. The van der Waals surface area contributed by atoms with Crippen LogP contribution in [-0.4, -0.2) is 19.6 Å². The van der Waals surface area contributed by atoms with Crippen molar-refractivity contribution in [1.29, 1.82) is 0 Å². The van der Waals surface area contributed by atoms with Gasteiger partial charge >= 0.3 is 0 Å². The molecule has 0 radical (unpaired) electrons. The third-order valence-corrected chi connectivity index (χ3v) is 2.67. The Kier molecular flexibility index (Phi) is 2.49. The first-order chi connectivity index (χ1) is 7.20. The standard InChI is InChI=1S/C11H14N2O2/c1-15-10-5-8(12)2-3-9(10)7-4-11(14)13-6-7/h2-3,5,7H,4,6,12H2,1H3,(H,13,14)/t7-/m1/s1. The van der Waals surface area contributed by atoms with Crippen LogP contribution in [0.15, 0.2) is 18.2 Å². The zero-order chi connectivity index (χ0) is 10.8. The Morgan fingerprint density at radius 3 is 2.93 bits per heavy atom. The summed E-state index contributed by atoms with van der Waals surface area (Å²) in [5.41, 5.74) is 7.39. The third-order valence-electron chi connectivity index (χ3n) is 2.67. The van der Waals surface area contributed by atoms with E-state index in [0.29, 0.717) is 18.7 Å². The molecule has 0 aliphatic carbocycles. The lowest BCUT2D eigenvalue weighted by molar-refractivity contribution is -0.119. The van der Waals surface area contributed by atoms with Gasteiger partial charge in [0.15, 0.2) is 0 Å². The normalized spacial score (nSPS) is 20.1. The van der Waals surface area contributed by atoms with Gasteiger partial charge < -0.3 is 15.8 Å². The molecule has 1 aromatic carbocycles. The van der Waals surface area contributed by atoms with E-state index in [1.807, 2.05) is 12.1 Å². The average molecular weight is 206 g/mol. The SMILES string of the molecule is COc1cc(N)ccc1[C@H]1CNC(=O)C1. The Morgan fingerprint density at radius 1 is 1.53 bits per heavy atom. The number of methoxy groups -OCH3 is 1. The number of rotatable bonds is 2. The summed E-state index contributed by atoms with van der Waals surface area (Å²) in [7, 11) is 1.61. The molecule has 0 bridgehead atoms. The van der Waals surface area contributed by atoms with Gasteiger partial charge in [-0.2, -0.15) is 0 Å². The number of nitrogens with one attached hydrogen (secondary N) is 1. The number of hydrogen-bond donors (Lipinski definition) is 2. The molecule has 4 heteroatoms. The minimum atomic E-state index is 0.0962. The highest BCUT2D eigenvalue weighted by Gasteiger charge is 2.25. The number of carbonyl (C=O) groups is 1. The molecule has 1 aromatic rings. The molecule has 2 rings (SSSR count). The van der Waals surface area contributed by atoms with E-state index in [0.717, 1.165) is 11.3 Å². The molecule has 0 unspecified atom stereocenters. The van der Waals surface area contributed by atoms with E-state index >= 15 is 0 Å². The van der Waals surface area contributed by atoms with Crippen molar-refractivity contribution < 1.29 is 9.53 Å². The van der Waals surface area contributed by atoms with Crippen molar-refractivity contribution in [2.75, 3.05) is 19.4 Å². The van der Waals surface area contributed by atoms with Crippen LogP contribution in [0.2, 0.25) is 0 Å². The molecule has 15 heavy (non-hydrogen) atoms. The van der Waals surface area contributed by atoms with E-state index in [1.54, 1.807) is 13.2 Å². The van der Waals surface area contributed by atoms with Crippen LogP contribution in [-0.2, 0) is 4.79 Å². The minimum absolute atomic E-state index is 0.0962. The predicted molar refractivity (Wildman–Crippen MR) is 57.8 cm³/mol. The summed E-state index contributed by atoms with van der Waals surface area (Å²) in [6.07, 6.45) is 0.528. The molecule has 0 aromatic heterocycles. The lowest BCUT2D eigenvalue weighted by Crippen LogP contribution is -2.13. The van der Waals surface area contributed by atoms with Gasteiger partial charge in [0.2, 0.25) is 5.91 Å². The topological polar surface area (TPSA) is 64.3 Å². The van der Waals surface area contributed by atoms with Crippen LogP contribution in [0.4, 0.5) is 5.69 Å². The van der Waals surface area contributed by atoms with Crippen LogP contribution >= 0.6 is 0 Å². The summed E-state index contributed by atoms with van der Waals surface area (Å²) in [5.74, 6) is 1.06. The summed E-state index contributed by atoms with van der Waals surface area (Å²) in [6, 6.07) is 5.55. The Hall–Kier alpha value is -1.71. The van der Waals surface area contributed by atoms with E-state index in [2.05, 4.69) is 5.32 Å². The minimum Gasteiger partial charge on any atom is -0.496 e. The summed E-state index contributed by atoms with van der Waals surface area (Å²) >= 11 is 0. The molecule has 1 atom stereocenters. The molecule has 1 heterocycles. The van der Waals surface area contributed by atoms with Gasteiger partial charge in [-0.05, 0) is 11.6 Å². The first-order valence-corrected chi connectivity index (χ1v) is 4.91. The van der Waals surface area contributed by atoms with Crippen molar-refractivity contribution >= 4 is 11.6 Å². The van der Waals surface area contributed by atoms with Gasteiger partial charge in [0, 0.05) is 30.6 Å². The van der Waals surface area contributed by atoms with Gasteiger partial charge in [-0.15, -0.1) is 0 Å². The Labute approximate surface area is 88.4 Å². The predicted octanol–water partition coefficient (Wildman–Crippen LogP) is 0.881. The number of nitrogens with two attached hydrogens (primary N) is 1. The fourth-order valence-corrected chi connectivity index (χ4v) is 1.89. The lowest BCUT2D eigenvalue weighted by Gasteiger charge is -2.13. The first kappa shape index (κ1) is 9.83. The van der Waals surface area contributed by atoms with Crippen molar-refractivity contribution in [3.05, 3.63) is 23.8 Å². The molecular formula is C11H14N2O2. The second-order valence-electron chi connectivity index (χ2n) is 3.71. The number of anilines is 1. The van der Waals surface area contributed by atoms with E-state index in [9.17, 15) is 4.79 Å². The molecule has 0 spiro atoms. The maximum Gasteiger partial charge on any atom is 0.220 e. The van der Waals surface area contributed by atoms with E-state index in [1.165, 1.54) is 0 Å². The van der Waals surface area contributed by atoms with Crippen LogP contribution in [0, 0.1) is 0 Å². The Balaban J connectivity index is 2.31. The Morgan fingerprint density at radius 2 is 2.33 bits per heavy atom. The highest BCUT2D eigenvalue weighted by molar-refractivity contribution is 5.79. The number of carbonyl (C=O) groups excluding carboxylic acids is 1. The van der Waals surface area contributed by atoms with Crippen LogP contribution in [0.1, 0.15) is 17.9 Å². The molecule has 1 fully saturated rings. The van der Waals surface area contributed by atoms with Crippen molar-refractivity contribution in [3.63, 3.8) is 0 Å². The molecule has 3 N–H and O–H groups in total. The second-order valence-corrected chi connectivity index (χ2v) is 3.71. The third kappa shape index (κ3) is 1.88. The fraction of sp³-hybridized carbons (Fsp3) is 0.364. The molecule has 1 aliphatic heterocycles. The molecule has 4 nitrogen and oxygen atoms in total. The van der Waals surface area contributed by atoms with Gasteiger partial charge in [0.1, 0.15) is 5.75 Å². The largest absolute Gasteiger partial charge is 0.496 e. The van der Waals surface area contributed by atoms with Crippen molar-refractivity contribution in [2.45, 2.75) is 12.3 Å². The zero-order valence-corrected chi connectivity index (χ0v) is 8.62. The lowest BCUT2D eigenvalue weighted by atomic mass is 9.97. The van der Waals surface area contributed by atoms with Crippen LogP contribution in [0.5, 0.6) is 5.75 Å². The van der Waals surface area contributed by atoms with Crippen molar-refractivity contribution in [2.24, 2.45) is 0 Å². The summed E-state index contributed by atoms with van der Waals surface area (Å²) in [6.45, 7) is 0.680. The van der Waals surface area contributed by atoms with Gasteiger partial charge in [-0.1, -0.05) is 6.07 Å². The average Bonchev–Trinajstić information content (AvgIpc) is 2.64. The van der Waals surface area contributed by atoms with Gasteiger partial charge in [-0.25, -0.2) is 0 Å². The number of nitrogen functional groups attached to an aromatic ring is 1. The Bertz CT molecular complexity index is 390. The van der Waals surface area contributed by atoms with E-state index < -0.39 is 0 Å². The van der Waals surface area contributed by atoms with Crippen LogP contribution in [0.3, 0.4) is 0 Å². The van der Waals surface area contributed by atoms with Crippen molar-refractivity contribution in [1.82, 2.24) is 5.32 Å². The molecule has 80 valence electrons. The van der Waals surface area contributed by atoms with E-state index in [-0.39, 0.29) is 11.8 Å². The maximum absolute atomic E-state index is 11.1. The fourth-order valence-electron chi connectivity index (χ4n) is 1.89. The molecular weight excluding hydrogens is 192 g/mol. The van der Waals surface area contributed by atoms with Gasteiger partial charge in [0.05, 0.1) is 7.11 Å². The smallest absolute Gasteiger partial charge is 0.220 e. The molecule has 1 saturated heterocycles. The monoisotopic (exact) mass is 206 g/mol. The highest BCUT2D eigenvalue weighted by atomic mass is 16.5. The summed E-state index contributed by atoms with van der Waals surface area (Å²) < 4.78 is 5.25. The quantitative estimate of drug-likeness (QED) is 0.706. The number of hydrogen-bond acceptors (Lipinski definition) is 3. The van der Waals surface area contributed by atoms with Crippen LogP contribution in [0.25, 0.3) is 0 Å². The summed E-state index contributed by atoms with van der Waals surface area (Å²) in [4.78, 5) is 11.1. The van der Waals surface area contributed by atoms with Gasteiger partial charge in [0.25, 0.3) is 0 Å². The van der Waals surface area contributed by atoms with Crippen molar-refractivity contribution in [3.8, 4) is 5.75 Å². The molecule has 1 aliphatic rings. The maximum atomic E-state index is 11.1. The molecule has 0 saturated carbocycles.